The maximum atomic E-state index is 11.8. The van der Waals surface area contributed by atoms with Crippen LogP contribution in [-0.4, -0.2) is 12.5 Å². The van der Waals surface area contributed by atoms with Gasteiger partial charge in [-0.3, -0.25) is 4.79 Å². The van der Waals surface area contributed by atoms with Crippen LogP contribution in [0.3, 0.4) is 0 Å². The number of benzene rings is 1. The highest BCUT2D eigenvalue weighted by atomic mass is 16.1. The fourth-order valence-corrected chi connectivity index (χ4v) is 1.81. The Labute approximate surface area is 135 Å². The SMILES string of the molecule is CC.CC.C[n+]1ccccc1CCNC(=O)c1ccccc1. The fourth-order valence-electron chi connectivity index (χ4n) is 1.81. The maximum Gasteiger partial charge on any atom is 0.251 e. The number of hydrogen-bond acceptors (Lipinski definition) is 1. The zero-order chi connectivity index (χ0) is 16.8. The maximum absolute atomic E-state index is 11.8. The number of aromatic nitrogens is 1. The zero-order valence-corrected chi connectivity index (χ0v) is 14.5. The zero-order valence-electron chi connectivity index (χ0n) is 14.5. The Morgan fingerprint density at radius 2 is 1.55 bits per heavy atom. The molecule has 1 amide bonds. The average molecular weight is 301 g/mol. The lowest BCUT2D eigenvalue weighted by atomic mass is 10.2. The van der Waals surface area contributed by atoms with Crippen LogP contribution in [0.25, 0.3) is 0 Å². The molecule has 2 rings (SSSR count). The van der Waals surface area contributed by atoms with E-state index < -0.39 is 0 Å². The average Bonchev–Trinajstić information content (AvgIpc) is 2.61. The van der Waals surface area contributed by atoms with Crippen LogP contribution < -0.4 is 9.88 Å². The summed E-state index contributed by atoms with van der Waals surface area (Å²) in [6.45, 7) is 8.64. The molecule has 0 saturated carbocycles. The van der Waals surface area contributed by atoms with Gasteiger partial charge >= 0.3 is 0 Å². The lowest BCUT2D eigenvalue weighted by Gasteiger charge is -2.04. The minimum Gasteiger partial charge on any atom is -0.351 e. The van der Waals surface area contributed by atoms with Crippen LogP contribution in [0, 0.1) is 0 Å². The predicted molar refractivity (Wildman–Crippen MR) is 92.8 cm³/mol. The highest BCUT2D eigenvalue weighted by Gasteiger charge is 2.07. The van der Waals surface area contributed by atoms with Crippen molar-refractivity contribution in [1.29, 1.82) is 0 Å². The molecule has 1 heterocycles. The molecule has 0 radical (unpaired) electrons. The van der Waals surface area contributed by atoms with Crippen molar-refractivity contribution in [2.45, 2.75) is 34.1 Å². The highest BCUT2D eigenvalue weighted by molar-refractivity contribution is 5.94. The molecule has 0 aliphatic heterocycles. The van der Waals surface area contributed by atoms with E-state index in [0.29, 0.717) is 12.1 Å². The van der Waals surface area contributed by atoms with Gasteiger partial charge in [0.25, 0.3) is 5.91 Å². The van der Waals surface area contributed by atoms with Gasteiger partial charge in [0, 0.05) is 30.7 Å². The van der Waals surface area contributed by atoms with Gasteiger partial charge in [0.2, 0.25) is 0 Å². The third-order valence-electron chi connectivity index (χ3n) is 2.87. The molecule has 1 N–H and O–H groups in total. The Balaban J connectivity index is 0.00000102. The smallest absolute Gasteiger partial charge is 0.251 e. The normalized spacial score (nSPS) is 8.77. The minimum absolute atomic E-state index is 0.0193. The number of amides is 1. The Hall–Kier alpha value is -2.16. The van der Waals surface area contributed by atoms with Gasteiger partial charge in [0.15, 0.2) is 11.9 Å². The molecule has 2 aromatic rings. The Morgan fingerprint density at radius 1 is 0.955 bits per heavy atom. The lowest BCUT2D eigenvalue weighted by molar-refractivity contribution is -0.679. The standard InChI is InChI=1S/C15H16N2O.2C2H6/c1-17-12-6-5-9-14(17)10-11-16-15(18)13-7-3-2-4-8-13;2*1-2/h2-9,12H,10-11H2,1H3;2*1-2H3/p+1. The molecule has 3 heteroatoms. The first-order valence-electron chi connectivity index (χ1n) is 8.04. The van der Waals surface area contributed by atoms with Crippen LogP contribution in [-0.2, 0) is 13.5 Å². The topological polar surface area (TPSA) is 33.0 Å². The summed E-state index contributed by atoms with van der Waals surface area (Å²) in [5.41, 5.74) is 1.90. The van der Waals surface area contributed by atoms with Crippen LogP contribution >= 0.6 is 0 Å². The summed E-state index contributed by atoms with van der Waals surface area (Å²) in [7, 11) is 2.01. The Morgan fingerprint density at radius 3 is 2.14 bits per heavy atom. The van der Waals surface area contributed by atoms with Gasteiger partial charge in [-0.25, -0.2) is 4.57 Å². The predicted octanol–water partition coefficient (Wildman–Crippen LogP) is 3.54. The molecule has 0 saturated heterocycles. The van der Waals surface area contributed by atoms with Gasteiger partial charge in [-0.1, -0.05) is 52.0 Å². The Kier molecular flexibility index (Phi) is 11.3. The summed E-state index contributed by atoms with van der Waals surface area (Å²) < 4.78 is 2.06. The van der Waals surface area contributed by atoms with Crippen LogP contribution in [0.2, 0.25) is 0 Å². The molecule has 0 bridgehead atoms. The van der Waals surface area contributed by atoms with E-state index in [1.54, 1.807) is 0 Å². The number of hydrogen-bond donors (Lipinski definition) is 1. The summed E-state index contributed by atoms with van der Waals surface area (Å²) >= 11 is 0. The van der Waals surface area contributed by atoms with E-state index in [4.69, 9.17) is 0 Å². The summed E-state index contributed by atoms with van der Waals surface area (Å²) in [6, 6.07) is 15.3. The van der Waals surface area contributed by atoms with Gasteiger partial charge < -0.3 is 5.32 Å². The van der Waals surface area contributed by atoms with Crippen molar-refractivity contribution in [1.82, 2.24) is 5.32 Å². The van der Waals surface area contributed by atoms with Crippen molar-refractivity contribution in [3.63, 3.8) is 0 Å². The second-order valence-electron chi connectivity index (χ2n) is 4.17. The largest absolute Gasteiger partial charge is 0.351 e. The second-order valence-corrected chi connectivity index (χ2v) is 4.17. The van der Waals surface area contributed by atoms with Gasteiger partial charge in [-0.05, 0) is 12.1 Å². The number of carbonyl (C=O) groups is 1. The molecule has 0 fully saturated rings. The molecule has 0 aliphatic carbocycles. The molecule has 0 unspecified atom stereocenters. The first kappa shape index (κ1) is 19.8. The molecular formula is C19H29N2O+. The summed E-state index contributed by atoms with van der Waals surface area (Å²) in [5, 5.41) is 2.92. The van der Waals surface area contributed by atoms with Crippen molar-refractivity contribution in [3.05, 3.63) is 66.0 Å². The van der Waals surface area contributed by atoms with E-state index in [2.05, 4.69) is 16.0 Å². The molecule has 0 aliphatic rings. The van der Waals surface area contributed by atoms with Gasteiger partial charge in [-0.2, -0.15) is 0 Å². The van der Waals surface area contributed by atoms with E-state index in [1.165, 1.54) is 5.69 Å². The third-order valence-corrected chi connectivity index (χ3v) is 2.87. The first-order valence-corrected chi connectivity index (χ1v) is 8.04. The highest BCUT2D eigenvalue weighted by Crippen LogP contribution is 1.98. The fraction of sp³-hybridized carbons (Fsp3) is 0.368. The Bertz CT molecular complexity index is 524. The van der Waals surface area contributed by atoms with Gasteiger partial charge in [0.05, 0.1) is 0 Å². The molecular weight excluding hydrogens is 272 g/mol. The third kappa shape index (κ3) is 7.02. The molecule has 120 valence electrons. The summed E-state index contributed by atoms with van der Waals surface area (Å²) in [4.78, 5) is 11.8. The van der Waals surface area contributed by atoms with Crippen LogP contribution in [0.15, 0.2) is 54.7 Å². The molecule has 0 atom stereocenters. The van der Waals surface area contributed by atoms with Crippen molar-refractivity contribution in [2.75, 3.05) is 6.54 Å². The first-order chi connectivity index (χ1) is 10.8. The van der Waals surface area contributed by atoms with Gasteiger partial charge in [-0.15, -0.1) is 0 Å². The number of aryl methyl sites for hydroxylation is 1. The van der Waals surface area contributed by atoms with Gasteiger partial charge in [0.1, 0.15) is 7.05 Å². The molecule has 22 heavy (non-hydrogen) atoms. The van der Waals surface area contributed by atoms with Crippen LogP contribution in [0.5, 0.6) is 0 Å². The van der Waals surface area contributed by atoms with Crippen molar-refractivity contribution in [2.24, 2.45) is 7.05 Å². The lowest BCUT2D eigenvalue weighted by Crippen LogP contribution is -2.35. The molecule has 1 aromatic heterocycles. The van der Waals surface area contributed by atoms with E-state index in [-0.39, 0.29) is 5.91 Å². The van der Waals surface area contributed by atoms with E-state index >= 15 is 0 Å². The van der Waals surface area contributed by atoms with E-state index in [0.717, 1.165) is 6.42 Å². The van der Waals surface area contributed by atoms with Crippen molar-refractivity contribution >= 4 is 5.91 Å². The number of carbonyl (C=O) groups excluding carboxylic acids is 1. The van der Waals surface area contributed by atoms with Crippen molar-refractivity contribution in [3.8, 4) is 0 Å². The quantitative estimate of drug-likeness (QED) is 0.861. The number of nitrogens with one attached hydrogen (secondary N) is 1. The summed E-state index contributed by atoms with van der Waals surface area (Å²) in [6.07, 6.45) is 2.84. The number of nitrogens with zero attached hydrogens (tertiary/aromatic N) is 1. The number of pyridine rings is 1. The number of rotatable bonds is 4. The molecule has 1 aromatic carbocycles. The van der Waals surface area contributed by atoms with E-state index in [1.807, 2.05) is 83.4 Å². The molecule has 3 nitrogen and oxygen atoms in total. The monoisotopic (exact) mass is 301 g/mol. The van der Waals surface area contributed by atoms with Crippen LogP contribution in [0.4, 0.5) is 0 Å². The second kappa shape index (κ2) is 12.6. The van der Waals surface area contributed by atoms with Crippen molar-refractivity contribution < 1.29 is 9.36 Å². The van der Waals surface area contributed by atoms with Crippen LogP contribution in [0.1, 0.15) is 43.7 Å². The summed E-state index contributed by atoms with van der Waals surface area (Å²) in [5.74, 6) is -0.0193. The van der Waals surface area contributed by atoms with E-state index in [9.17, 15) is 4.79 Å². The minimum atomic E-state index is -0.0193. The molecule has 0 spiro atoms.